The Morgan fingerprint density at radius 1 is 1.28 bits per heavy atom. The van der Waals surface area contributed by atoms with Crippen LogP contribution in [0.2, 0.25) is 5.02 Å². The van der Waals surface area contributed by atoms with E-state index in [4.69, 9.17) is 16.3 Å². The van der Waals surface area contributed by atoms with Gasteiger partial charge in [-0.2, -0.15) is 0 Å². The van der Waals surface area contributed by atoms with Crippen molar-refractivity contribution in [2.75, 3.05) is 13.7 Å². The number of benzene rings is 1. The monoisotopic (exact) mass is 269 g/mol. The summed E-state index contributed by atoms with van der Waals surface area (Å²) in [6.45, 7) is 5.19. The van der Waals surface area contributed by atoms with Crippen LogP contribution in [0.3, 0.4) is 0 Å². The van der Waals surface area contributed by atoms with Crippen molar-refractivity contribution in [2.24, 2.45) is 5.92 Å². The molecule has 1 rings (SSSR count). The molecule has 0 bridgehead atoms. The van der Waals surface area contributed by atoms with Crippen LogP contribution in [0.1, 0.15) is 33.1 Å². The van der Waals surface area contributed by atoms with Crippen LogP contribution in [0.25, 0.3) is 0 Å². The highest BCUT2D eigenvalue weighted by molar-refractivity contribution is 6.30. The van der Waals surface area contributed by atoms with E-state index < -0.39 is 0 Å². The van der Waals surface area contributed by atoms with Crippen molar-refractivity contribution in [3.8, 4) is 5.75 Å². The molecule has 0 aromatic heterocycles. The number of hydrogen-bond donors (Lipinski definition) is 1. The molecule has 102 valence electrons. The maximum atomic E-state index is 5.93. The van der Waals surface area contributed by atoms with Gasteiger partial charge in [0.1, 0.15) is 12.4 Å². The second-order valence-corrected chi connectivity index (χ2v) is 5.11. The molecule has 1 aromatic rings. The third-order valence-corrected chi connectivity index (χ3v) is 3.66. The van der Waals surface area contributed by atoms with Gasteiger partial charge in [0.05, 0.1) is 0 Å². The molecule has 3 heteroatoms. The Morgan fingerprint density at radius 3 is 2.56 bits per heavy atom. The standard InChI is InChI=1S/C15H24ClNO/c1-4-12(5-2)9-14(17-3)11-18-15-8-6-7-13(16)10-15/h6-8,10,12,14,17H,4-5,9,11H2,1-3H3. The second-order valence-electron chi connectivity index (χ2n) is 4.67. The third-order valence-electron chi connectivity index (χ3n) is 3.43. The number of halogens is 1. The summed E-state index contributed by atoms with van der Waals surface area (Å²) in [5, 5.41) is 4.04. The van der Waals surface area contributed by atoms with Crippen molar-refractivity contribution in [1.82, 2.24) is 5.32 Å². The summed E-state index contributed by atoms with van der Waals surface area (Å²) < 4.78 is 5.78. The van der Waals surface area contributed by atoms with Crippen molar-refractivity contribution >= 4 is 11.6 Å². The first-order valence-electron chi connectivity index (χ1n) is 6.75. The summed E-state index contributed by atoms with van der Waals surface area (Å²) in [6.07, 6.45) is 3.61. The van der Waals surface area contributed by atoms with Gasteiger partial charge in [-0.3, -0.25) is 0 Å². The summed E-state index contributed by atoms with van der Waals surface area (Å²) in [4.78, 5) is 0. The van der Waals surface area contributed by atoms with E-state index in [-0.39, 0.29) is 0 Å². The molecule has 0 radical (unpaired) electrons. The number of nitrogens with one attached hydrogen (secondary N) is 1. The minimum atomic E-state index is 0.397. The average molecular weight is 270 g/mol. The zero-order valence-electron chi connectivity index (χ0n) is 11.6. The first-order chi connectivity index (χ1) is 8.69. The molecule has 0 spiro atoms. The van der Waals surface area contributed by atoms with Crippen LogP contribution in [0.5, 0.6) is 5.75 Å². The van der Waals surface area contributed by atoms with Gasteiger partial charge in [0, 0.05) is 11.1 Å². The van der Waals surface area contributed by atoms with Gasteiger partial charge < -0.3 is 10.1 Å². The summed E-state index contributed by atoms with van der Waals surface area (Å²) in [7, 11) is 1.99. The van der Waals surface area contributed by atoms with E-state index in [2.05, 4.69) is 19.2 Å². The fourth-order valence-electron chi connectivity index (χ4n) is 2.05. The van der Waals surface area contributed by atoms with Gasteiger partial charge in [0.25, 0.3) is 0 Å². The van der Waals surface area contributed by atoms with Crippen LogP contribution in [0, 0.1) is 5.92 Å². The van der Waals surface area contributed by atoms with Crippen molar-refractivity contribution in [3.05, 3.63) is 29.3 Å². The van der Waals surface area contributed by atoms with E-state index in [1.54, 1.807) is 0 Å². The number of ether oxygens (including phenoxy) is 1. The van der Waals surface area contributed by atoms with Crippen molar-refractivity contribution in [2.45, 2.75) is 39.2 Å². The van der Waals surface area contributed by atoms with Gasteiger partial charge in [-0.15, -0.1) is 0 Å². The number of hydrogen-bond acceptors (Lipinski definition) is 2. The van der Waals surface area contributed by atoms with Crippen LogP contribution in [-0.4, -0.2) is 19.7 Å². The van der Waals surface area contributed by atoms with Crippen LogP contribution in [-0.2, 0) is 0 Å². The maximum Gasteiger partial charge on any atom is 0.120 e. The summed E-state index contributed by atoms with van der Waals surface area (Å²) in [5.41, 5.74) is 0. The summed E-state index contributed by atoms with van der Waals surface area (Å²) in [5.74, 6) is 1.61. The quantitative estimate of drug-likeness (QED) is 0.766. The molecule has 0 saturated heterocycles. The van der Waals surface area contributed by atoms with E-state index in [9.17, 15) is 0 Å². The highest BCUT2D eigenvalue weighted by Gasteiger charge is 2.13. The second kappa shape index (κ2) is 8.39. The molecule has 2 nitrogen and oxygen atoms in total. The molecule has 1 atom stereocenters. The minimum Gasteiger partial charge on any atom is -0.492 e. The predicted molar refractivity (Wildman–Crippen MR) is 78.5 cm³/mol. The Labute approximate surface area is 116 Å². The SMILES string of the molecule is CCC(CC)CC(COc1cccc(Cl)c1)NC. The van der Waals surface area contributed by atoms with Crippen molar-refractivity contribution in [3.63, 3.8) is 0 Å². The fourth-order valence-corrected chi connectivity index (χ4v) is 2.23. The van der Waals surface area contributed by atoms with Gasteiger partial charge in [-0.25, -0.2) is 0 Å². The first-order valence-corrected chi connectivity index (χ1v) is 7.13. The molecule has 0 aliphatic rings. The topological polar surface area (TPSA) is 21.3 Å². The lowest BCUT2D eigenvalue weighted by Crippen LogP contribution is -2.33. The molecule has 0 fully saturated rings. The Bertz CT molecular complexity index is 339. The van der Waals surface area contributed by atoms with Gasteiger partial charge in [0.2, 0.25) is 0 Å². The smallest absolute Gasteiger partial charge is 0.120 e. The van der Waals surface area contributed by atoms with Crippen LogP contribution in [0.4, 0.5) is 0 Å². The Kier molecular flexibility index (Phi) is 7.14. The van der Waals surface area contributed by atoms with Gasteiger partial charge >= 0.3 is 0 Å². The van der Waals surface area contributed by atoms with Crippen molar-refractivity contribution < 1.29 is 4.74 Å². The zero-order chi connectivity index (χ0) is 13.4. The summed E-state index contributed by atoms with van der Waals surface area (Å²) >= 11 is 5.93. The van der Waals surface area contributed by atoms with E-state index in [0.29, 0.717) is 17.7 Å². The Morgan fingerprint density at radius 2 is 2.00 bits per heavy atom. The van der Waals surface area contributed by atoms with Gasteiger partial charge in [-0.1, -0.05) is 44.4 Å². The van der Waals surface area contributed by atoms with Gasteiger partial charge in [0.15, 0.2) is 0 Å². The molecule has 0 aliphatic carbocycles. The highest BCUT2D eigenvalue weighted by atomic mass is 35.5. The largest absolute Gasteiger partial charge is 0.492 e. The maximum absolute atomic E-state index is 5.93. The molecular weight excluding hydrogens is 246 g/mol. The zero-order valence-corrected chi connectivity index (χ0v) is 12.3. The van der Waals surface area contributed by atoms with Crippen LogP contribution < -0.4 is 10.1 Å². The molecule has 0 saturated carbocycles. The Balaban J connectivity index is 2.44. The average Bonchev–Trinajstić information content (AvgIpc) is 2.39. The molecule has 0 heterocycles. The molecule has 0 amide bonds. The Hall–Kier alpha value is -0.730. The minimum absolute atomic E-state index is 0.397. The van der Waals surface area contributed by atoms with Crippen molar-refractivity contribution in [1.29, 1.82) is 0 Å². The molecule has 1 unspecified atom stereocenters. The predicted octanol–water partition coefficient (Wildman–Crippen LogP) is 4.13. The third kappa shape index (κ3) is 5.28. The van der Waals surface area contributed by atoms with Crippen LogP contribution in [0.15, 0.2) is 24.3 Å². The van der Waals surface area contributed by atoms with Gasteiger partial charge in [-0.05, 0) is 37.6 Å². The number of rotatable bonds is 8. The van der Waals surface area contributed by atoms with E-state index in [1.807, 2.05) is 31.3 Å². The molecule has 18 heavy (non-hydrogen) atoms. The van der Waals surface area contributed by atoms with E-state index >= 15 is 0 Å². The van der Waals surface area contributed by atoms with Crippen LogP contribution >= 0.6 is 11.6 Å². The lowest BCUT2D eigenvalue weighted by atomic mass is 9.95. The summed E-state index contributed by atoms with van der Waals surface area (Å²) in [6, 6.07) is 7.95. The highest BCUT2D eigenvalue weighted by Crippen LogP contribution is 2.19. The molecule has 0 aliphatic heterocycles. The van der Waals surface area contributed by atoms with E-state index in [1.165, 1.54) is 12.8 Å². The first kappa shape index (κ1) is 15.3. The normalized spacial score (nSPS) is 12.7. The molecule has 1 aromatic carbocycles. The fraction of sp³-hybridized carbons (Fsp3) is 0.600. The van der Waals surface area contributed by atoms with E-state index in [0.717, 1.165) is 18.1 Å². The number of likely N-dealkylation sites (N-methyl/N-ethyl adjacent to an activating group) is 1. The lowest BCUT2D eigenvalue weighted by Gasteiger charge is -2.21. The molecule has 1 N–H and O–H groups in total. The molecular formula is C15H24ClNO. The lowest BCUT2D eigenvalue weighted by molar-refractivity contribution is 0.241.